The second kappa shape index (κ2) is 5.22. The molecule has 1 aliphatic rings. The first-order valence-electron chi connectivity index (χ1n) is 5.90. The Hall–Kier alpha value is -0.580. The highest BCUT2D eigenvalue weighted by Gasteiger charge is 2.52. The summed E-state index contributed by atoms with van der Waals surface area (Å²) in [5.41, 5.74) is -0.770. The maximum Gasteiger partial charge on any atom is 0.357 e. The lowest BCUT2D eigenvalue weighted by atomic mass is 10.2. The summed E-state index contributed by atoms with van der Waals surface area (Å²) in [4.78, 5) is 0. The number of aliphatic hydroxyl groups is 1. The minimum Gasteiger partial charge on any atom is -0.473 e. The number of thiophene rings is 1. The van der Waals surface area contributed by atoms with E-state index in [1.165, 1.54) is 0 Å². The zero-order valence-corrected chi connectivity index (χ0v) is 13.6. The van der Waals surface area contributed by atoms with Crippen LogP contribution in [0.2, 0.25) is 0 Å². The lowest BCUT2D eigenvalue weighted by Crippen LogP contribution is -2.30. The van der Waals surface area contributed by atoms with E-state index in [0.717, 1.165) is 13.2 Å². The lowest BCUT2D eigenvalue weighted by Gasteiger charge is -2.19. The van der Waals surface area contributed by atoms with Crippen LogP contribution in [0.1, 0.15) is 24.2 Å². The summed E-state index contributed by atoms with van der Waals surface area (Å²) in [7, 11) is -3.94. The number of hydrogen-bond acceptors (Lipinski definition) is 5. The van der Waals surface area contributed by atoms with Crippen molar-refractivity contribution >= 4 is 32.8 Å². The Balaban J connectivity index is 2.54. The minimum atomic E-state index is -3.94. The molecule has 0 radical (unpaired) electrons. The summed E-state index contributed by atoms with van der Waals surface area (Å²) in [5, 5.41) is 5.46. The molecule has 0 aromatic carbocycles. The number of sulfone groups is 1. The molecule has 4 nitrogen and oxygen atoms in total. The Morgan fingerprint density at radius 2 is 2.05 bits per heavy atom. The fraction of sp³-hybridized carbons (Fsp3) is 0.636. The molecule has 1 heterocycles. The van der Waals surface area contributed by atoms with E-state index in [0.29, 0.717) is 11.3 Å². The molecular weight excluding hydrogens is 372 g/mol. The summed E-state index contributed by atoms with van der Waals surface area (Å²) in [6.45, 7) is 0.919. The van der Waals surface area contributed by atoms with Crippen molar-refractivity contribution < 1.29 is 35.8 Å². The number of aliphatic hydroxyl groups excluding tert-OH is 1. The SMILES string of the molecule is CC(Oc1sc(S(C)(=O)=O)c2c1CC(F)(F)[C@H]2O)C(F)(F)Cl. The Kier molecular flexibility index (Phi) is 4.21. The third-order valence-corrected chi connectivity index (χ3v) is 6.44. The van der Waals surface area contributed by atoms with Crippen LogP contribution in [0.15, 0.2) is 4.21 Å². The van der Waals surface area contributed by atoms with Gasteiger partial charge in [-0.1, -0.05) is 11.3 Å². The maximum absolute atomic E-state index is 13.6. The van der Waals surface area contributed by atoms with Crippen molar-refractivity contribution in [3.63, 3.8) is 0 Å². The summed E-state index contributed by atoms with van der Waals surface area (Å²) in [5.74, 6) is -3.59. The predicted molar refractivity (Wildman–Crippen MR) is 71.9 cm³/mol. The molecule has 0 aliphatic heterocycles. The van der Waals surface area contributed by atoms with Crippen molar-refractivity contribution in [2.75, 3.05) is 6.26 Å². The molecule has 0 saturated heterocycles. The number of fused-ring (bicyclic) bond motifs is 1. The molecule has 1 aromatic rings. The van der Waals surface area contributed by atoms with E-state index in [2.05, 4.69) is 0 Å². The molecule has 1 unspecified atom stereocenters. The van der Waals surface area contributed by atoms with Crippen LogP contribution in [-0.4, -0.2) is 37.2 Å². The molecule has 2 rings (SSSR count). The molecule has 1 aliphatic carbocycles. The van der Waals surface area contributed by atoms with Crippen LogP contribution in [0.4, 0.5) is 17.6 Å². The van der Waals surface area contributed by atoms with Crippen LogP contribution >= 0.6 is 22.9 Å². The van der Waals surface area contributed by atoms with Gasteiger partial charge in [0.25, 0.3) is 5.92 Å². The summed E-state index contributed by atoms with van der Waals surface area (Å²) in [6, 6.07) is 0. The zero-order chi connectivity index (χ0) is 17.1. The van der Waals surface area contributed by atoms with E-state index in [1.807, 2.05) is 0 Å². The van der Waals surface area contributed by atoms with Gasteiger partial charge < -0.3 is 9.84 Å². The molecule has 0 bridgehead atoms. The highest BCUT2D eigenvalue weighted by molar-refractivity contribution is 7.92. The van der Waals surface area contributed by atoms with Gasteiger partial charge >= 0.3 is 5.38 Å². The largest absolute Gasteiger partial charge is 0.473 e. The van der Waals surface area contributed by atoms with Crippen LogP contribution in [0.5, 0.6) is 5.06 Å². The van der Waals surface area contributed by atoms with E-state index < -0.39 is 54.6 Å². The molecule has 126 valence electrons. The summed E-state index contributed by atoms with van der Waals surface area (Å²) >= 11 is 5.22. The van der Waals surface area contributed by atoms with Gasteiger partial charge in [0.2, 0.25) is 0 Å². The average molecular weight is 383 g/mol. The molecule has 0 saturated carbocycles. The van der Waals surface area contributed by atoms with Crippen LogP contribution in [0.25, 0.3) is 0 Å². The molecule has 11 heteroatoms. The Bertz CT molecular complexity index is 696. The van der Waals surface area contributed by atoms with Crippen molar-refractivity contribution in [1.82, 2.24) is 0 Å². The minimum absolute atomic E-state index is 0.282. The van der Waals surface area contributed by atoms with E-state index in [9.17, 15) is 31.1 Å². The number of rotatable bonds is 4. The maximum atomic E-state index is 13.6. The van der Waals surface area contributed by atoms with Crippen molar-refractivity contribution in [3.8, 4) is 5.06 Å². The molecule has 2 atom stereocenters. The first-order chi connectivity index (χ1) is 9.75. The van der Waals surface area contributed by atoms with Gasteiger partial charge in [-0.25, -0.2) is 17.2 Å². The molecule has 22 heavy (non-hydrogen) atoms. The fourth-order valence-corrected chi connectivity index (χ4v) is 4.54. The molecule has 0 spiro atoms. The number of ether oxygens (including phenoxy) is 1. The Morgan fingerprint density at radius 1 is 1.50 bits per heavy atom. The smallest absolute Gasteiger partial charge is 0.357 e. The van der Waals surface area contributed by atoms with Gasteiger partial charge in [-0.15, -0.1) is 0 Å². The predicted octanol–water partition coefficient (Wildman–Crippen LogP) is 2.98. The number of alkyl halides is 5. The molecule has 1 aromatic heterocycles. The third kappa shape index (κ3) is 3.06. The highest BCUT2D eigenvalue weighted by atomic mass is 35.5. The second-order valence-electron chi connectivity index (χ2n) is 4.98. The van der Waals surface area contributed by atoms with Crippen molar-refractivity contribution in [1.29, 1.82) is 0 Å². The van der Waals surface area contributed by atoms with E-state index in [-0.39, 0.29) is 5.56 Å². The van der Waals surface area contributed by atoms with Crippen molar-refractivity contribution in [2.24, 2.45) is 0 Å². The summed E-state index contributed by atoms with van der Waals surface area (Å²) < 4.78 is 80.8. The topological polar surface area (TPSA) is 63.6 Å². The van der Waals surface area contributed by atoms with Crippen LogP contribution < -0.4 is 4.74 Å². The molecular formula is C11H11ClF4O4S2. The lowest BCUT2D eigenvalue weighted by molar-refractivity contribution is -0.0977. The Morgan fingerprint density at radius 3 is 2.50 bits per heavy atom. The number of halogens is 5. The normalized spacial score (nSPS) is 22.5. The van der Waals surface area contributed by atoms with Crippen LogP contribution in [0, 0.1) is 0 Å². The molecule has 0 fully saturated rings. The standard InChI is InChI=1S/C11H11ClF4O4S2/c1-4(11(12,15)16)20-8-5-3-10(13,14)7(17)6(5)9(21-8)22(2,18)19/h4,7,17H,3H2,1-2H3/t4?,7-/m0/s1. The first-order valence-corrected chi connectivity index (χ1v) is 8.98. The third-order valence-electron chi connectivity index (χ3n) is 3.14. The first kappa shape index (κ1) is 17.8. The molecule has 1 N–H and O–H groups in total. The quantitative estimate of drug-likeness (QED) is 0.642. The fourth-order valence-electron chi connectivity index (χ4n) is 2.02. The van der Waals surface area contributed by atoms with Gasteiger partial charge in [0.15, 0.2) is 21.0 Å². The van der Waals surface area contributed by atoms with Crippen molar-refractivity contribution in [2.45, 2.75) is 41.1 Å². The van der Waals surface area contributed by atoms with E-state index >= 15 is 0 Å². The van der Waals surface area contributed by atoms with Crippen molar-refractivity contribution in [3.05, 3.63) is 11.1 Å². The van der Waals surface area contributed by atoms with Gasteiger partial charge in [0, 0.05) is 23.8 Å². The van der Waals surface area contributed by atoms with E-state index in [1.54, 1.807) is 0 Å². The van der Waals surface area contributed by atoms with Gasteiger partial charge in [-0.3, -0.25) is 0 Å². The second-order valence-corrected chi connectivity index (χ2v) is 8.68. The summed E-state index contributed by atoms with van der Waals surface area (Å²) in [6.07, 6.45) is -4.42. The average Bonchev–Trinajstić information content (AvgIpc) is 2.75. The number of hydrogen-bond donors (Lipinski definition) is 1. The molecule has 0 amide bonds. The van der Waals surface area contributed by atoms with Gasteiger partial charge in [0.1, 0.15) is 10.3 Å². The van der Waals surface area contributed by atoms with Gasteiger partial charge in [-0.05, 0) is 18.5 Å². The van der Waals surface area contributed by atoms with Gasteiger partial charge in [-0.2, -0.15) is 8.78 Å². The van der Waals surface area contributed by atoms with Crippen LogP contribution in [0.3, 0.4) is 0 Å². The van der Waals surface area contributed by atoms with E-state index in [4.69, 9.17) is 16.3 Å². The monoisotopic (exact) mass is 382 g/mol. The highest BCUT2D eigenvalue weighted by Crippen LogP contribution is 2.53. The Labute approximate surface area is 132 Å². The van der Waals surface area contributed by atoms with Gasteiger partial charge in [0.05, 0.1) is 0 Å². The van der Waals surface area contributed by atoms with Crippen LogP contribution in [-0.2, 0) is 16.3 Å². The zero-order valence-electron chi connectivity index (χ0n) is 11.2.